The first kappa shape index (κ1) is 10.4. The molecule has 2 aromatic rings. The average molecular weight is 217 g/mol. The normalized spacial score (nSPS) is 10.1. The van der Waals surface area contributed by atoms with Crippen LogP contribution in [0.1, 0.15) is 17.3 Å². The average Bonchev–Trinajstić information content (AvgIpc) is 2.77. The summed E-state index contributed by atoms with van der Waals surface area (Å²) in [6.45, 7) is 1.51. The summed E-state index contributed by atoms with van der Waals surface area (Å²) in [6.07, 6.45) is 4.85. The van der Waals surface area contributed by atoms with Crippen molar-refractivity contribution in [1.82, 2.24) is 14.8 Å². The van der Waals surface area contributed by atoms with Crippen molar-refractivity contribution in [2.45, 2.75) is 6.92 Å². The lowest BCUT2D eigenvalue weighted by atomic mass is 10.2. The largest absolute Gasteiger partial charge is 0.493 e. The molecule has 0 aromatic carbocycles. The van der Waals surface area contributed by atoms with Gasteiger partial charge in [0.1, 0.15) is 0 Å². The Morgan fingerprint density at radius 3 is 2.69 bits per heavy atom. The van der Waals surface area contributed by atoms with Gasteiger partial charge in [0.15, 0.2) is 17.4 Å². The molecule has 5 heteroatoms. The first-order valence-electron chi connectivity index (χ1n) is 4.77. The first-order valence-corrected chi connectivity index (χ1v) is 4.77. The van der Waals surface area contributed by atoms with Crippen LogP contribution >= 0.6 is 0 Å². The highest BCUT2D eigenvalue weighted by atomic mass is 16.5. The van der Waals surface area contributed by atoms with Crippen molar-refractivity contribution in [3.63, 3.8) is 0 Å². The maximum absolute atomic E-state index is 11.1. The molecule has 0 radical (unpaired) electrons. The maximum Gasteiger partial charge on any atom is 0.161 e. The molecule has 0 aliphatic rings. The van der Waals surface area contributed by atoms with Gasteiger partial charge >= 0.3 is 0 Å². The fourth-order valence-electron chi connectivity index (χ4n) is 1.27. The number of nitrogens with zero attached hydrogens (tertiary/aromatic N) is 3. The standard InChI is InChI=1S/C11H11N3O2/c1-8(15)9-3-4-11(12-5-9)14-7-10(16-2)6-13-14/h3-7H,1-2H3. The van der Waals surface area contributed by atoms with Crippen molar-refractivity contribution < 1.29 is 9.53 Å². The summed E-state index contributed by atoms with van der Waals surface area (Å²) in [5, 5.41) is 4.08. The van der Waals surface area contributed by atoms with E-state index >= 15 is 0 Å². The fourth-order valence-corrected chi connectivity index (χ4v) is 1.27. The Morgan fingerprint density at radius 1 is 1.38 bits per heavy atom. The molecule has 0 amide bonds. The van der Waals surface area contributed by atoms with Gasteiger partial charge in [0.2, 0.25) is 0 Å². The van der Waals surface area contributed by atoms with E-state index in [0.29, 0.717) is 17.1 Å². The third-order valence-electron chi connectivity index (χ3n) is 2.18. The van der Waals surface area contributed by atoms with Crippen molar-refractivity contribution in [2.24, 2.45) is 0 Å². The van der Waals surface area contributed by atoms with Crippen molar-refractivity contribution >= 4 is 5.78 Å². The van der Waals surface area contributed by atoms with Crippen molar-refractivity contribution in [3.8, 4) is 11.6 Å². The van der Waals surface area contributed by atoms with Gasteiger partial charge in [-0.25, -0.2) is 9.67 Å². The molecule has 16 heavy (non-hydrogen) atoms. The SMILES string of the molecule is COc1cnn(-c2ccc(C(C)=O)cn2)c1. The smallest absolute Gasteiger partial charge is 0.161 e. The number of Topliss-reactive ketones (excluding diaryl/α,β-unsaturated/α-hetero) is 1. The molecule has 0 spiro atoms. The zero-order valence-corrected chi connectivity index (χ0v) is 9.04. The molecule has 2 aromatic heterocycles. The van der Waals surface area contributed by atoms with Gasteiger partial charge < -0.3 is 4.74 Å². The van der Waals surface area contributed by atoms with E-state index in [1.54, 1.807) is 36.3 Å². The summed E-state index contributed by atoms with van der Waals surface area (Å²) in [6, 6.07) is 3.46. The van der Waals surface area contributed by atoms with Gasteiger partial charge in [-0.3, -0.25) is 4.79 Å². The van der Waals surface area contributed by atoms with E-state index in [-0.39, 0.29) is 5.78 Å². The second kappa shape index (κ2) is 4.14. The lowest BCUT2D eigenvalue weighted by Gasteiger charge is -2.00. The summed E-state index contributed by atoms with van der Waals surface area (Å²) >= 11 is 0. The summed E-state index contributed by atoms with van der Waals surface area (Å²) in [5.41, 5.74) is 0.586. The Hall–Kier alpha value is -2.17. The number of methoxy groups -OCH3 is 1. The van der Waals surface area contributed by atoms with Crippen LogP contribution in [0.15, 0.2) is 30.7 Å². The van der Waals surface area contributed by atoms with E-state index in [4.69, 9.17) is 4.74 Å². The van der Waals surface area contributed by atoms with Gasteiger partial charge in [-0.1, -0.05) is 0 Å². The number of rotatable bonds is 3. The Bertz CT molecular complexity index is 502. The molecular formula is C11H11N3O2. The Kier molecular flexibility index (Phi) is 2.68. The molecule has 0 fully saturated rings. The summed E-state index contributed by atoms with van der Waals surface area (Å²) in [7, 11) is 1.58. The zero-order valence-electron chi connectivity index (χ0n) is 9.04. The highest BCUT2D eigenvalue weighted by molar-refractivity contribution is 5.93. The fraction of sp³-hybridized carbons (Fsp3) is 0.182. The zero-order chi connectivity index (χ0) is 11.5. The second-order valence-corrected chi connectivity index (χ2v) is 3.29. The minimum atomic E-state index is -0.00269. The van der Waals surface area contributed by atoms with Crippen LogP contribution in [0.25, 0.3) is 5.82 Å². The summed E-state index contributed by atoms with van der Waals surface area (Å²) < 4.78 is 6.60. The van der Waals surface area contributed by atoms with Gasteiger partial charge in [-0.2, -0.15) is 5.10 Å². The third-order valence-corrected chi connectivity index (χ3v) is 2.18. The van der Waals surface area contributed by atoms with E-state index in [2.05, 4.69) is 10.1 Å². The number of carbonyl (C=O) groups excluding carboxylic acids is 1. The molecule has 2 heterocycles. The van der Waals surface area contributed by atoms with Crippen LogP contribution in [0.5, 0.6) is 5.75 Å². The number of hydrogen-bond acceptors (Lipinski definition) is 4. The number of hydrogen-bond donors (Lipinski definition) is 0. The van der Waals surface area contributed by atoms with E-state index in [1.807, 2.05) is 0 Å². The molecule has 82 valence electrons. The van der Waals surface area contributed by atoms with Crippen molar-refractivity contribution in [1.29, 1.82) is 0 Å². The van der Waals surface area contributed by atoms with Gasteiger partial charge in [0, 0.05) is 11.8 Å². The molecule has 0 atom stereocenters. The molecule has 5 nitrogen and oxygen atoms in total. The lowest BCUT2D eigenvalue weighted by molar-refractivity contribution is 0.101. The van der Waals surface area contributed by atoms with Gasteiger partial charge in [0.05, 0.1) is 19.5 Å². The highest BCUT2D eigenvalue weighted by Gasteiger charge is 2.03. The summed E-state index contributed by atoms with van der Waals surface area (Å²) in [4.78, 5) is 15.2. The monoisotopic (exact) mass is 217 g/mol. The molecule has 2 rings (SSSR count). The number of ether oxygens (including phenoxy) is 1. The predicted octanol–water partition coefficient (Wildman–Crippen LogP) is 1.48. The van der Waals surface area contributed by atoms with Crippen molar-refractivity contribution in [3.05, 3.63) is 36.3 Å². The van der Waals surface area contributed by atoms with Crippen LogP contribution in [0.2, 0.25) is 0 Å². The molecular weight excluding hydrogens is 206 g/mol. The first-order chi connectivity index (χ1) is 7.70. The number of ketones is 1. The quantitative estimate of drug-likeness (QED) is 0.731. The minimum absolute atomic E-state index is 0.00269. The second-order valence-electron chi connectivity index (χ2n) is 3.29. The molecule has 0 bridgehead atoms. The van der Waals surface area contributed by atoms with Gasteiger partial charge in [0.25, 0.3) is 0 Å². The van der Waals surface area contributed by atoms with Crippen LogP contribution in [-0.2, 0) is 0 Å². The van der Waals surface area contributed by atoms with Crippen LogP contribution in [0.4, 0.5) is 0 Å². The highest BCUT2D eigenvalue weighted by Crippen LogP contribution is 2.11. The van der Waals surface area contributed by atoms with E-state index in [0.717, 1.165) is 0 Å². The van der Waals surface area contributed by atoms with Gasteiger partial charge in [-0.15, -0.1) is 0 Å². The molecule has 0 N–H and O–H groups in total. The minimum Gasteiger partial charge on any atom is -0.493 e. The lowest BCUT2D eigenvalue weighted by Crippen LogP contribution is -2.00. The molecule has 0 saturated heterocycles. The van der Waals surface area contributed by atoms with E-state index in [9.17, 15) is 4.79 Å². The van der Waals surface area contributed by atoms with Crippen LogP contribution in [0.3, 0.4) is 0 Å². The van der Waals surface area contributed by atoms with Crippen LogP contribution < -0.4 is 4.74 Å². The number of carbonyl (C=O) groups is 1. The van der Waals surface area contributed by atoms with Gasteiger partial charge in [-0.05, 0) is 19.1 Å². The molecule has 0 aliphatic carbocycles. The molecule has 0 unspecified atom stereocenters. The topological polar surface area (TPSA) is 57.0 Å². The summed E-state index contributed by atoms with van der Waals surface area (Å²) in [5.74, 6) is 1.31. The molecule has 0 aliphatic heterocycles. The number of pyridine rings is 1. The third kappa shape index (κ3) is 1.93. The van der Waals surface area contributed by atoms with Crippen molar-refractivity contribution in [2.75, 3.05) is 7.11 Å². The van der Waals surface area contributed by atoms with Crippen LogP contribution in [0, 0.1) is 0 Å². The predicted molar refractivity (Wildman–Crippen MR) is 57.9 cm³/mol. The van der Waals surface area contributed by atoms with E-state index in [1.165, 1.54) is 13.1 Å². The maximum atomic E-state index is 11.1. The van der Waals surface area contributed by atoms with E-state index < -0.39 is 0 Å². The van der Waals surface area contributed by atoms with Crippen LogP contribution in [-0.4, -0.2) is 27.7 Å². The Balaban J connectivity index is 2.30. The molecule has 0 saturated carbocycles. The Morgan fingerprint density at radius 2 is 2.19 bits per heavy atom. The number of aromatic nitrogens is 3. The Labute approximate surface area is 92.7 Å².